The number of hydrogen-bond acceptors (Lipinski definition) is 2. The van der Waals surface area contributed by atoms with Gasteiger partial charge in [0.25, 0.3) is 0 Å². The summed E-state index contributed by atoms with van der Waals surface area (Å²) in [7, 11) is 1.99. The molecular formula is C11H22N2O. The molecule has 0 aliphatic carbocycles. The largest absolute Gasteiger partial charge is 0.343 e. The number of nitrogens with one attached hydrogen (secondary N) is 1. The van der Waals surface area contributed by atoms with Gasteiger partial charge >= 0.3 is 0 Å². The lowest BCUT2D eigenvalue weighted by Crippen LogP contribution is -2.38. The fourth-order valence-electron chi connectivity index (χ4n) is 2.15. The van der Waals surface area contributed by atoms with E-state index in [9.17, 15) is 4.79 Å². The van der Waals surface area contributed by atoms with Crippen molar-refractivity contribution < 1.29 is 4.79 Å². The summed E-state index contributed by atoms with van der Waals surface area (Å²) >= 11 is 0. The number of carbonyl (C=O) groups is 1. The van der Waals surface area contributed by atoms with Crippen LogP contribution >= 0.6 is 0 Å². The highest BCUT2D eigenvalue weighted by atomic mass is 16.2. The Morgan fingerprint density at radius 2 is 2.36 bits per heavy atom. The summed E-state index contributed by atoms with van der Waals surface area (Å²) < 4.78 is 0. The lowest BCUT2D eigenvalue weighted by Gasteiger charge is -2.32. The molecule has 1 saturated heterocycles. The molecule has 0 saturated carbocycles. The first-order valence-electron chi connectivity index (χ1n) is 5.64. The van der Waals surface area contributed by atoms with Crippen molar-refractivity contribution in [1.82, 2.24) is 10.2 Å². The Labute approximate surface area is 86.9 Å². The maximum atomic E-state index is 11.2. The van der Waals surface area contributed by atoms with Crippen LogP contribution in [0.5, 0.6) is 0 Å². The van der Waals surface area contributed by atoms with E-state index in [1.165, 1.54) is 25.7 Å². The van der Waals surface area contributed by atoms with Gasteiger partial charge in [-0.2, -0.15) is 0 Å². The minimum atomic E-state index is 0.239. The van der Waals surface area contributed by atoms with Gasteiger partial charge in [-0.25, -0.2) is 0 Å². The number of nitrogens with zero attached hydrogens (tertiary/aromatic N) is 1. The highest BCUT2D eigenvalue weighted by Gasteiger charge is 2.20. The Morgan fingerprint density at radius 3 is 3.00 bits per heavy atom. The first-order valence-corrected chi connectivity index (χ1v) is 5.64. The molecule has 1 fully saturated rings. The zero-order valence-corrected chi connectivity index (χ0v) is 9.38. The second kappa shape index (κ2) is 6.02. The number of amides is 1. The average molecular weight is 198 g/mol. The van der Waals surface area contributed by atoms with E-state index < -0.39 is 0 Å². The quantitative estimate of drug-likeness (QED) is 0.689. The van der Waals surface area contributed by atoms with Gasteiger partial charge in [0.1, 0.15) is 0 Å². The summed E-state index contributed by atoms with van der Waals surface area (Å²) in [5, 5.41) is 3.16. The smallest absolute Gasteiger partial charge is 0.219 e. The van der Waals surface area contributed by atoms with Crippen LogP contribution in [-0.2, 0) is 4.79 Å². The molecule has 82 valence electrons. The maximum Gasteiger partial charge on any atom is 0.219 e. The van der Waals surface area contributed by atoms with Crippen LogP contribution in [0.25, 0.3) is 0 Å². The maximum absolute atomic E-state index is 11.2. The van der Waals surface area contributed by atoms with Crippen molar-refractivity contribution in [2.75, 3.05) is 26.7 Å². The van der Waals surface area contributed by atoms with Gasteiger partial charge in [-0.1, -0.05) is 0 Å². The topological polar surface area (TPSA) is 32.3 Å². The molecule has 1 N–H and O–H groups in total. The van der Waals surface area contributed by atoms with Gasteiger partial charge in [0, 0.05) is 20.0 Å². The van der Waals surface area contributed by atoms with Crippen molar-refractivity contribution in [3.05, 3.63) is 0 Å². The minimum Gasteiger partial charge on any atom is -0.343 e. The molecule has 1 aliphatic heterocycles. The number of hydrogen-bond donors (Lipinski definition) is 1. The van der Waals surface area contributed by atoms with E-state index in [0.717, 1.165) is 25.6 Å². The zero-order chi connectivity index (χ0) is 10.4. The Morgan fingerprint density at radius 1 is 1.57 bits per heavy atom. The Hall–Kier alpha value is -0.570. The molecule has 0 aromatic heterocycles. The number of carbonyl (C=O) groups excluding carboxylic acids is 1. The first-order chi connectivity index (χ1) is 6.74. The molecule has 14 heavy (non-hydrogen) atoms. The Bertz CT molecular complexity index is 182. The van der Waals surface area contributed by atoms with Gasteiger partial charge in [0.2, 0.25) is 5.91 Å². The zero-order valence-electron chi connectivity index (χ0n) is 9.38. The minimum absolute atomic E-state index is 0.239. The normalized spacial score (nSPS) is 22.4. The third-order valence-corrected chi connectivity index (χ3v) is 3.00. The van der Waals surface area contributed by atoms with E-state index in [-0.39, 0.29) is 5.91 Å². The van der Waals surface area contributed by atoms with E-state index in [4.69, 9.17) is 0 Å². The summed E-state index contributed by atoms with van der Waals surface area (Å²) in [4.78, 5) is 13.2. The van der Waals surface area contributed by atoms with Crippen LogP contribution in [0.15, 0.2) is 0 Å². The molecule has 3 heteroatoms. The lowest BCUT2D eigenvalue weighted by molar-refractivity contribution is -0.130. The highest BCUT2D eigenvalue weighted by Crippen LogP contribution is 2.20. The lowest BCUT2D eigenvalue weighted by atomic mass is 9.93. The molecule has 3 nitrogen and oxygen atoms in total. The summed E-state index contributed by atoms with van der Waals surface area (Å²) in [6, 6.07) is 0. The van der Waals surface area contributed by atoms with Crippen molar-refractivity contribution in [3.63, 3.8) is 0 Å². The van der Waals surface area contributed by atoms with Crippen molar-refractivity contribution in [3.8, 4) is 0 Å². The van der Waals surface area contributed by atoms with Gasteiger partial charge in [0.15, 0.2) is 0 Å². The van der Waals surface area contributed by atoms with E-state index in [1.807, 2.05) is 11.9 Å². The van der Waals surface area contributed by atoms with E-state index in [0.29, 0.717) is 0 Å². The third kappa shape index (κ3) is 3.66. The molecule has 1 heterocycles. The molecule has 0 bridgehead atoms. The summed E-state index contributed by atoms with van der Waals surface area (Å²) in [5.74, 6) is 0.976. The average Bonchev–Trinajstić information content (AvgIpc) is 2.19. The van der Waals surface area contributed by atoms with Gasteiger partial charge in [-0.05, 0) is 45.2 Å². The van der Waals surface area contributed by atoms with Crippen LogP contribution in [0.2, 0.25) is 0 Å². The molecule has 0 spiro atoms. The Kier molecular flexibility index (Phi) is 4.94. The molecule has 0 radical (unpaired) electrons. The van der Waals surface area contributed by atoms with Crippen LogP contribution in [-0.4, -0.2) is 37.5 Å². The molecule has 1 amide bonds. The van der Waals surface area contributed by atoms with Crippen molar-refractivity contribution in [2.45, 2.75) is 32.6 Å². The van der Waals surface area contributed by atoms with E-state index in [2.05, 4.69) is 5.32 Å². The standard InChI is InChI=1S/C11H22N2O/c1-10(14)13-8-4-6-11(9-13)5-3-7-12-2/h11-12H,3-9H2,1-2H3. The van der Waals surface area contributed by atoms with Gasteiger partial charge in [-0.15, -0.1) is 0 Å². The van der Waals surface area contributed by atoms with Crippen LogP contribution in [0.3, 0.4) is 0 Å². The van der Waals surface area contributed by atoms with Crippen LogP contribution in [0.4, 0.5) is 0 Å². The van der Waals surface area contributed by atoms with Crippen molar-refractivity contribution in [1.29, 1.82) is 0 Å². The fraction of sp³-hybridized carbons (Fsp3) is 0.909. The van der Waals surface area contributed by atoms with Gasteiger partial charge in [0.05, 0.1) is 0 Å². The first kappa shape index (κ1) is 11.5. The fourth-order valence-corrected chi connectivity index (χ4v) is 2.15. The third-order valence-electron chi connectivity index (χ3n) is 3.00. The van der Waals surface area contributed by atoms with Crippen LogP contribution < -0.4 is 5.32 Å². The monoisotopic (exact) mass is 198 g/mol. The van der Waals surface area contributed by atoms with Gasteiger partial charge < -0.3 is 10.2 Å². The molecule has 1 rings (SSSR count). The molecule has 0 aromatic rings. The molecular weight excluding hydrogens is 176 g/mol. The second-order valence-electron chi connectivity index (χ2n) is 4.22. The Balaban J connectivity index is 2.22. The second-order valence-corrected chi connectivity index (χ2v) is 4.22. The highest BCUT2D eigenvalue weighted by molar-refractivity contribution is 5.73. The summed E-state index contributed by atoms with van der Waals surface area (Å²) in [6.07, 6.45) is 4.97. The molecule has 1 unspecified atom stereocenters. The van der Waals surface area contributed by atoms with E-state index in [1.54, 1.807) is 6.92 Å². The SMILES string of the molecule is CNCCCC1CCCN(C(C)=O)C1. The number of piperidine rings is 1. The predicted molar refractivity (Wildman–Crippen MR) is 58.1 cm³/mol. The van der Waals surface area contributed by atoms with Crippen LogP contribution in [0, 0.1) is 5.92 Å². The molecule has 1 aliphatic rings. The molecule has 1 atom stereocenters. The molecule has 0 aromatic carbocycles. The van der Waals surface area contributed by atoms with Crippen LogP contribution in [0.1, 0.15) is 32.6 Å². The van der Waals surface area contributed by atoms with Crippen molar-refractivity contribution >= 4 is 5.91 Å². The number of likely N-dealkylation sites (tertiary alicyclic amines) is 1. The number of rotatable bonds is 4. The predicted octanol–water partition coefficient (Wildman–Crippen LogP) is 1.24. The van der Waals surface area contributed by atoms with Gasteiger partial charge in [-0.3, -0.25) is 4.79 Å². The van der Waals surface area contributed by atoms with E-state index >= 15 is 0 Å². The summed E-state index contributed by atoms with van der Waals surface area (Å²) in [6.45, 7) is 4.73. The van der Waals surface area contributed by atoms with Crippen molar-refractivity contribution in [2.24, 2.45) is 5.92 Å². The summed E-state index contributed by atoms with van der Waals surface area (Å²) in [5.41, 5.74) is 0.